The molecule has 1 rings (SSSR count). The highest BCUT2D eigenvalue weighted by Gasteiger charge is 2.09. The summed E-state index contributed by atoms with van der Waals surface area (Å²) in [5.74, 6) is -0.291. The van der Waals surface area contributed by atoms with Gasteiger partial charge in [0.1, 0.15) is 0 Å². The molecule has 0 saturated carbocycles. The van der Waals surface area contributed by atoms with E-state index in [2.05, 4.69) is 0 Å². The second-order valence-electron chi connectivity index (χ2n) is 2.56. The van der Waals surface area contributed by atoms with E-state index in [4.69, 9.17) is 16.3 Å². The Labute approximate surface area is 80.9 Å². The Bertz CT molecular complexity index is 291. The number of benzene rings is 1. The van der Waals surface area contributed by atoms with Crippen LogP contribution < -0.4 is 4.74 Å². The van der Waals surface area contributed by atoms with Gasteiger partial charge in [-0.1, -0.05) is 6.07 Å². The fraction of sp³-hybridized carbons (Fsp3) is 0.333. The molecule has 0 aliphatic carbocycles. The summed E-state index contributed by atoms with van der Waals surface area (Å²) in [6.45, 7) is 0. The Morgan fingerprint density at radius 2 is 2.31 bits per heavy atom. The number of aliphatic hydroxyl groups excluding tert-OH is 1. The Morgan fingerprint density at radius 1 is 1.62 bits per heavy atom. The van der Waals surface area contributed by atoms with Crippen LogP contribution in [-0.4, -0.2) is 18.1 Å². The summed E-state index contributed by atoms with van der Waals surface area (Å²) in [6.07, 6.45) is -0.831. The lowest BCUT2D eigenvalue weighted by molar-refractivity contribution is 0.202. The minimum Gasteiger partial charge on any atom is -0.494 e. The van der Waals surface area contributed by atoms with Crippen LogP contribution in [0.25, 0.3) is 0 Å². The van der Waals surface area contributed by atoms with Crippen molar-refractivity contribution in [2.45, 2.75) is 6.10 Å². The fourth-order valence-corrected chi connectivity index (χ4v) is 1.16. The van der Waals surface area contributed by atoms with Gasteiger partial charge in [0.2, 0.25) is 0 Å². The van der Waals surface area contributed by atoms with E-state index in [0.29, 0.717) is 5.56 Å². The van der Waals surface area contributed by atoms with Crippen LogP contribution in [0.4, 0.5) is 4.39 Å². The predicted molar refractivity (Wildman–Crippen MR) is 48.6 cm³/mol. The van der Waals surface area contributed by atoms with Gasteiger partial charge in [-0.3, -0.25) is 0 Å². The van der Waals surface area contributed by atoms with Crippen LogP contribution in [0, 0.1) is 5.82 Å². The molecule has 0 aliphatic rings. The van der Waals surface area contributed by atoms with E-state index in [1.807, 2.05) is 0 Å². The molecule has 4 heteroatoms. The molecule has 1 atom stereocenters. The van der Waals surface area contributed by atoms with Crippen molar-refractivity contribution in [3.05, 3.63) is 29.6 Å². The zero-order chi connectivity index (χ0) is 9.84. The molecule has 1 aromatic carbocycles. The molecular weight excluding hydrogens is 195 g/mol. The topological polar surface area (TPSA) is 29.5 Å². The number of halogens is 2. The van der Waals surface area contributed by atoms with Gasteiger partial charge in [0, 0.05) is 0 Å². The largest absolute Gasteiger partial charge is 0.494 e. The monoisotopic (exact) mass is 204 g/mol. The maximum absolute atomic E-state index is 13.1. The van der Waals surface area contributed by atoms with E-state index < -0.39 is 11.9 Å². The quantitative estimate of drug-likeness (QED) is 0.765. The predicted octanol–water partition coefficient (Wildman–Crippen LogP) is 2.11. The van der Waals surface area contributed by atoms with E-state index in [9.17, 15) is 9.50 Å². The van der Waals surface area contributed by atoms with Crippen LogP contribution in [-0.2, 0) is 0 Å². The molecule has 1 aromatic rings. The van der Waals surface area contributed by atoms with Crippen molar-refractivity contribution in [1.29, 1.82) is 0 Å². The average Bonchev–Trinajstić information content (AvgIpc) is 2.16. The van der Waals surface area contributed by atoms with Crippen molar-refractivity contribution in [2.24, 2.45) is 0 Å². The molecule has 2 nitrogen and oxygen atoms in total. The van der Waals surface area contributed by atoms with E-state index in [1.165, 1.54) is 19.2 Å². The van der Waals surface area contributed by atoms with Crippen LogP contribution in [0.1, 0.15) is 11.7 Å². The zero-order valence-corrected chi connectivity index (χ0v) is 7.88. The number of ether oxygens (including phenoxy) is 1. The molecule has 0 spiro atoms. The number of alkyl halides is 1. The van der Waals surface area contributed by atoms with Gasteiger partial charge in [-0.25, -0.2) is 4.39 Å². The second kappa shape index (κ2) is 4.44. The second-order valence-corrected chi connectivity index (χ2v) is 2.87. The van der Waals surface area contributed by atoms with Crippen LogP contribution >= 0.6 is 11.6 Å². The first-order chi connectivity index (χ1) is 6.19. The van der Waals surface area contributed by atoms with Crippen LogP contribution in [0.15, 0.2) is 18.2 Å². The van der Waals surface area contributed by atoms with E-state index in [-0.39, 0.29) is 11.6 Å². The minimum absolute atomic E-state index is 0.0474. The van der Waals surface area contributed by atoms with Crippen LogP contribution in [0.5, 0.6) is 5.75 Å². The number of aliphatic hydroxyl groups is 1. The van der Waals surface area contributed by atoms with Gasteiger partial charge < -0.3 is 9.84 Å². The van der Waals surface area contributed by atoms with Gasteiger partial charge in [0.15, 0.2) is 11.6 Å². The van der Waals surface area contributed by atoms with Crippen molar-refractivity contribution in [2.75, 3.05) is 13.0 Å². The van der Waals surface area contributed by atoms with Gasteiger partial charge in [-0.05, 0) is 17.7 Å². The third-order valence-corrected chi connectivity index (χ3v) is 2.00. The molecule has 0 bridgehead atoms. The molecule has 13 heavy (non-hydrogen) atoms. The average molecular weight is 205 g/mol. The van der Waals surface area contributed by atoms with E-state index in [1.54, 1.807) is 6.07 Å². The number of hydrogen-bond donors (Lipinski definition) is 1. The van der Waals surface area contributed by atoms with Gasteiger partial charge in [-0.15, -0.1) is 11.6 Å². The summed E-state index contributed by atoms with van der Waals surface area (Å²) in [4.78, 5) is 0. The van der Waals surface area contributed by atoms with Gasteiger partial charge in [0.05, 0.1) is 19.1 Å². The molecular formula is C9H10ClFO2. The maximum atomic E-state index is 13.1. The van der Waals surface area contributed by atoms with Gasteiger partial charge in [0.25, 0.3) is 0 Å². The normalized spacial score (nSPS) is 12.6. The highest BCUT2D eigenvalue weighted by Crippen LogP contribution is 2.22. The minimum atomic E-state index is -0.831. The summed E-state index contributed by atoms with van der Waals surface area (Å²) in [6, 6.07) is 4.25. The van der Waals surface area contributed by atoms with E-state index >= 15 is 0 Å². The van der Waals surface area contributed by atoms with Crippen molar-refractivity contribution >= 4 is 11.6 Å². The Morgan fingerprint density at radius 3 is 2.77 bits per heavy atom. The Kier molecular flexibility index (Phi) is 3.51. The SMILES string of the molecule is COc1ccc(C(O)CCl)cc1F. The van der Waals surface area contributed by atoms with E-state index in [0.717, 1.165) is 0 Å². The smallest absolute Gasteiger partial charge is 0.165 e. The van der Waals surface area contributed by atoms with Crippen molar-refractivity contribution in [3.63, 3.8) is 0 Å². The summed E-state index contributed by atoms with van der Waals surface area (Å²) in [5, 5.41) is 9.28. The summed E-state index contributed by atoms with van der Waals surface area (Å²) in [7, 11) is 1.38. The molecule has 0 aromatic heterocycles. The lowest BCUT2D eigenvalue weighted by Crippen LogP contribution is -1.99. The fourth-order valence-electron chi connectivity index (χ4n) is 0.979. The molecule has 1 N–H and O–H groups in total. The number of rotatable bonds is 3. The van der Waals surface area contributed by atoms with Crippen molar-refractivity contribution in [3.8, 4) is 5.75 Å². The lowest BCUT2D eigenvalue weighted by Gasteiger charge is -2.08. The number of methoxy groups -OCH3 is 1. The third-order valence-electron chi connectivity index (χ3n) is 1.71. The molecule has 0 aliphatic heterocycles. The lowest BCUT2D eigenvalue weighted by atomic mass is 10.1. The van der Waals surface area contributed by atoms with Crippen LogP contribution in [0.3, 0.4) is 0 Å². The molecule has 0 amide bonds. The van der Waals surface area contributed by atoms with Crippen molar-refractivity contribution < 1.29 is 14.2 Å². The van der Waals surface area contributed by atoms with Crippen molar-refractivity contribution in [1.82, 2.24) is 0 Å². The molecule has 0 radical (unpaired) electrons. The first kappa shape index (κ1) is 10.3. The summed E-state index contributed by atoms with van der Waals surface area (Å²) >= 11 is 5.41. The number of hydrogen-bond acceptors (Lipinski definition) is 2. The first-order valence-electron chi connectivity index (χ1n) is 3.76. The Hall–Kier alpha value is -0.800. The summed E-state index contributed by atoms with van der Waals surface area (Å²) in [5.41, 5.74) is 0.452. The first-order valence-corrected chi connectivity index (χ1v) is 4.30. The summed E-state index contributed by atoms with van der Waals surface area (Å²) < 4.78 is 17.8. The van der Waals surface area contributed by atoms with Gasteiger partial charge >= 0.3 is 0 Å². The highest BCUT2D eigenvalue weighted by atomic mass is 35.5. The highest BCUT2D eigenvalue weighted by molar-refractivity contribution is 6.18. The zero-order valence-electron chi connectivity index (χ0n) is 7.13. The molecule has 0 heterocycles. The molecule has 72 valence electrons. The molecule has 0 fully saturated rings. The third kappa shape index (κ3) is 2.32. The van der Waals surface area contributed by atoms with Crippen LogP contribution in [0.2, 0.25) is 0 Å². The Balaban J connectivity index is 2.95. The maximum Gasteiger partial charge on any atom is 0.165 e. The van der Waals surface area contributed by atoms with Gasteiger partial charge in [-0.2, -0.15) is 0 Å². The molecule has 0 saturated heterocycles. The standard InChI is InChI=1S/C9H10ClFO2/c1-13-9-3-2-6(4-7(9)11)8(12)5-10/h2-4,8,12H,5H2,1H3. The molecule has 1 unspecified atom stereocenters.